The molecular formula is C25H30N2O4. The summed E-state index contributed by atoms with van der Waals surface area (Å²) in [5.41, 5.74) is 1.41. The van der Waals surface area contributed by atoms with E-state index in [9.17, 15) is 14.7 Å². The fourth-order valence-electron chi connectivity index (χ4n) is 4.00. The van der Waals surface area contributed by atoms with E-state index in [-0.39, 0.29) is 11.3 Å². The van der Waals surface area contributed by atoms with Crippen molar-refractivity contribution in [2.75, 3.05) is 33.3 Å². The van der Waals surface area contributed by atoms with Gasteiger partial charge in [0.05, 0.1) is 18.7 Å². The third-order valence-electron chi connectivity index (χ3n) is 5.79. The summed E-state index contributed by atoms with van der Waals surface area (Å²) < 4.78 is 5.25. The van der Waals surface area contributed by atoms with Gasteiger partial charge >= 0.3 is 0 Å². The Balaban J connectivity index is 2.00. The van der Waals surface area contributed by atoms with Crippen LogP contribution in [0.3, 0.4) is 0 Å². The van der Waals surface area contributed by atoms with Crippen LogP contribution in [-0.2, 0) is 9.59 Å². The first-order valence-electron chi connectivity index (χ1n) is 10.7. The summed E-state index contributed by atoms with van der Waals surface area (Å²) in [6.07, 6.45) is 0.743. The van der Waals surface area contributed by atoms with Crippen LogP contribution in [0.4, 0.5) is 0 Å². The number of Topliss-reactive ketones (excluding diaryl/α,β-unsaturated/α-hetero) is 1. The van der Waals surface area contributed by atoms with Crippen molar-refractivity contribution in [3.63, 3.8) is 0 Å². The van der Waals surface area contributed by atoms with Crippen LogP contribution >= 0.6 is 0 Å². The molecule has 2 aromatic carbocycles. The highest BCUT2D eigenvalue weighted by atomic mass is 16.5. The standard InChI is InChI=1S/C25H30N2O4/c1-4-26(5-2)16-9-17-27-22(18-12-14-20(31-3)15-13-18)21(24(29)25(27)30)23(28)19-10-7-6-8-11-19/h6-8,10-15,22,28H,4-5,9,16-17H2,1-3H3/b23-21+. The first-order chi connectivity index (χ1) is 15.0. The summed E-state index contributed by atoms with van der Waals surface area (Å²) in [7, 11) is 1.59. The van der Waals surface area contributed by atoms with Crippen LogP contribution in [-0.4, -0.2) is 59.9 Å². The first kappa shape index (κ1) is 22.6. The zero-order valence-corrected chi connectivity index (χ0v) is 18.4. The predicted molar refractivity (Wildman–Crippen MR) is 121 cm³/mol. The molecule has 1 amide bonds. The van der Waals surface area contributed by atoms with Crippen LogP contribution in [0.1, 0.15) is 37.4 Å². The van der Waals surface area contributed by atoms with Crippen LogP contribution in [0.5, 0.6) is 5.75 Å². The van der Waals surface area contributed by atoms with Gasteiger partial charge in [-0.05, 0) is 43.8 Å². The Morgan fingerprint density at radius 1 is 1.03 bits per heavy atom. The second-order valence-electron chi connectivity index (χ2n) is 7.51. The maximum absolute atomic E-state index is 13.0. The number of aliphatic hydroxyl groups is 1. The van der Waals surface area contributed by atoms with Gasteiger partial charge in [-0.25, -0.2) is 0 Å². The van der Waals surface area contributed by atoms with Crippen molar-refractivity contribution in [2.45, 2.75) is 26.3 Å². The number of hydrogen-bond donors (Lipinski definition) is 1. The number of likely N-dealkylation sites (tertiary alicyclic amines) is 1. The molecule has 1 unspecified atom stereocenters. The van der Waals surface area contributed by atoms with Crippen LogP contribution < -0.4 is 4.74 Å². The number of methoxy groups -OCH3 is 1. The van der Waals surface area contributed by atoms with Crippen molar-refractivity contribution in [1.82, 2.24) is 9.80 Å². The molecule has 0 aliphatic carbocycles. The van der Waals surface area contributed by atoms with E-state index in [0.717, 1.165) is 31.6 Å². The molecule has 2 aromatic rings. The Hall–Kier alpha value is -3.12. The van der Waals surface area contributed by atoms with Gasteiger partial charge in [0.15, 0.2) is 0 Å². The summed E-state index contributed by atoms with van der Waals surface area (Å²) in [5.74, 6) is -0.681. The molecule has 1 heterocycles. The Morgan fingerprint density at radius 3 is 2.26 bits per heavy atom. The fraction of sp³-hybridized carbons (Fsp3) is 0.360. The Labute approximate surface area is 183 Å². The maximum atomic E-state index is 13.0. The summed E-state index contributed by atoms with van der Waals surface area (Å²) in [6.45, 7) is 7.35. The second-order valence-corrected chi connectivity index (χ2v) is 7.51. The van der Waals surface area contributed by atoms with E-state index in [1.165, 1.54) is 0 Å². The maximum Gasteiger partial charge on any atom is 0.295 e. The number of benzene rings is 2. The highest BCUT2D eigenvalue weighted by Crippen LogP contribution is 2.39. The molecule has 6 nitrogen and oxygen atoms in total. The lowest BCUT2D eigenvalue weighted by Crippen LogP contribution is -2.33. The van der Waals surface area contributed by atoms with Gasteiger partial charge in [0, 0.05) is 12.1 Å². The number of ether oxygens (including phenoxy) is 1. The zero-order chi connectivity index (χ0) is 22.4. The normalized spacial score (nSPS) is 18.1. The molecule has 31 heavy (non-hydrogen) atoms. The molecule has 0 spiro atoms. The Bertz CT molecular complexity index is 934. The predicted octanol–water partition coefficient (Wildman–Crippen LogP) is 3.85. The average molecular weight is 423 g/mol. The van der Waals surface area contributed by atoms with E-state index in [2.05, 4.69) is 18.7 Å². The molecule has 1 aliphatic heterocycles. The van der Waals surface area contributed by atoms with E-state index < -0.39 is 17.7 Å². The highest BCUT2D eigenvalue weighted by Gasteiger charge is 2.45. The molecule has 1 saturated heterocycles. The topological polar surface area (TPSA) is 70.1 Å². The zero-order valence-electron chi connectivity index (χ0n) is 18.4. The van der Waals surface area contributed by atoms with Gasteiger partial charge in [-0.2, -0.15) is 0 Å². The summed E-state index contributed by atoms with van der Waals surface area (Å²) in [4.78, 5) is 29.8. The minimum absolute atomic E-state index is 0.129. The molecule has 1 fully saturated rings. The van der Waals surface area contributed by atoms with Gasteiger partial charge in [0.25, 0.3) is 11.7 Å². The average Bonchev–Trinajstić information content (AvgIpc) is 3.07. The first-order valence-corrected chi connectivity index (χ1v) is 10.7. The molecule has 164 valence electrons. The number of hydrogen-bond acceptors (Lipinski definition) is 5. The van der Waals surface area contributed by atoms with Crippen molar-refractivity contribution in [2.24, 2.45) is 0 Å². The SMILES string of the molecule is CCN(CC)CCCN1C(=O)C(=O)/C(=C(/O)c2ccccc2)C1c1ccc(OC)cc1. The van der Waals surface area contributed by atoms with Crippen LogP contribution in [0.15, 0.2) is 60.2 Å². The van der Waals surface area contributed by atoms with Crippen molar-refractivity contribution in [3.05, 3.63) is 71.3 Å². The molecule has 1 aliphatic rings. The van der Waals surface area contributed by atoms with E-state index >= 15 is 0 Å². The monoisotopic (exact) mass is 422 g/mol. The van der Waals surface area contributed by atoms with Gasteiger partial charge in [0.1, 0.15) is 11.5 Å². The van der Waals surface area contributed by atoms with E-state index in [4.69, 9.17) is 4.74 Å². The largest absolute Gasteiger partial charge is 0.507 e. The molecule has 1 atom stereocenters. The third-order valence-corrected chi connectivity index (χ3v) is 5.79. The fourth-order valence-corrected chi connectivity index (χ4v) is 4.00. The van der Waals surface area contributed by atoms with Gasteiger partial charge in [-0.3, -0.25) is 9.59 Å². The van der Waals surface area contributed by atoms with Crippen molar-refractivity contribution < 1.29 is 19.4 Å². The van der Waals surface area contributed by atoms with Crippen LogP contribution in [0.2, 0.25) is 0 Å². The lowest BCUT2D eigenvalue weighted by Gasteiger charge is -2.27. The minimum Gasteiger partial charge on any atom is -0.507 e. The molecular weight excluding hydrogens is 392 g/mol. The number of ketones is 1. The van der Waals surface area contributed by atoms with E-state index in [0.29, 0.717) is 17.9 Å². The summed E-state index contributed by atoms with van der Waals surface area (Å²) >= 11 is 0. The summed E-state index contributed by atoms with van der Waals surface area (Å²) in [5, 5.41) is 11.0. The molecule has 0 aromatic heterocycles. The summed E-state index contributed by atoms with van der Waals surface area (Å²) in [6, 6.07) is 15.5. The number of rotatable bonds is 9. The molecule has 0 radical (unpaired) electrons. The Morgan fingerprint density at radius 2 is 1.68 bits per heavy atom. The van der Waals surface area contributed by atoms with Gasteiger partial charge < -0.3 is 19.6 Å². The molecule has 1 N–H and O–H groups in total. The minimum atomic E-state index is -0.648. The second kappa shape index (κ2) is 10.3. The molecule has 0 saturated carbocycles. The van der Waals surface area contributed by atoms with Gasteiger partial charge in [-0.1, -0.05) is 56.3 Å². The lowest BCUT2D eigenvalue weighted by molar-refractivity contribution is -0.140. The number of carbonyl (C=O) groups is 2. The lowest BCUT2D eigenvalue weighted by atomic mass is 9.95. The van der Waals surface area contributed by atoms with Crippen LogP contribution in [0.25, 0.3) is 5.76 Å². The van der Waals surface area contributed by atoms with Crippen molar-refractivity contribution in [3.8, 4) is 5.75 Å². The number of aliphatic hydroxyl groups excluding tert-OH is 1. The van der Waals surface area contributed by atoms with Crippen molar-refractivity contribution in [1.29, 1.82) is 0 Å². The highest BCUT2D eigenvalue weighted by molar-refractivity contribution is 6.46. The van der Waals surface area contributed by atoms with Gasteiger partial charge in [-0.15, -0.1) is 0 Å². The third kappa shape index (κ3) is 4.80. The number of carbonyl (C=O) groups excluding carboxylic acids is 2. The Kier molecular flexibility index (Phi) is 7.47. The van der Waals surface area contributed by atoms with Crippen LogP contribution in [0, 0.1) is 0 Å². The number of amides is 1. The van der Waals surface area contributed by atoms with Gasteiger partial charge in [0.2, 0.25) is 0 Å². The van der Waals surface area contributed by atoms with E-state index in [1.54, 1.807) is 48.4 Å². The van der Waals surface area contributed by atoms with Crippen molar-refractivity contribution >= 4 is 17.4 Å². The molecule has 3 rings (SSSR count). The smallest absolute Gasteiger partial charge is 0.295 e. The number of nitrogens with zero attached hydrogens (tertiary/aromatic N) is 2. The van der Waals surface area contributed by atoms with E-state index in [1.807, 2.05) is 18.2 Å². The molecule has 6 heteroatoms. The quantitative estimate of drug-likeness (QED) is 0.378. The molecule has 0 bridgehead atoms.